The number of unbranched alkanes of at least 4 members (excludes halogenated alkanes) is 1. The smallest absolute Gasteiger partial charge is 0.265 e. The van der Waals surface area contributed by atoms with E-state index in [-0.39, 0.29) is 24.4 Å². The summed E-state index contributed by atoms with van der Waals surface area (Å²) in [6.45, 7) is 4.72. The Balaban J connectivity index is 1.45. The lowest BCUT2D eigenvalue weighted by Crippen LogP contribution is -2.43. The van der Waals surface area contributed by atoms with Gasteiger partial charge >= 0.3 is 0 Å². The Hall–Kier alpha value is -3.51. The predicted octanol–water partition coefficient (Wildman–Crippen LogP) is 6.22. The molecule has 0 bridgehead atoms. The molecule has 35 heavy (non-hydrogen) atoms. The zero-order valence-electron chi connectivity index (χ0n) is 20.1. The Kier molecular flexibility index (Phi) is 8.27. The third-order valence-electron chi connectivity index (χ3n) is 5.76. The molecule has 180 valence electrons. The van der Waals surface area contributed by atoms with Gasteiger partial charge in [0.15, 0.2) is 0 Å². The van der Waals surface area contributed by atoms with Crippen LogP contribution in [0.3, 0.4) is 0 Å². The van der Waals surface area contributed by atoms with Gasteiger partial charge in [-0.2, -0.15) is 0 Å². The Morgan fingerprint density at radius 2 is 1.74 bits per heavy atom. The Labute approximate surface area is 211 Å². The highest BCUT2D eigenvalue weighted by molar-refractivity contribution is 8.04. The molecule has 1 heterocycles. The van der Waals surface area contributed by atoms with Gasteiger partial charge in [-0.1, -0.05) is 79.7 Å². The van der Waals surface area contributed by atoms with Gasteiger partial charge in [-0.05, 0) is 54.8 Å². The highest BCUT2D eigenvalue weighted by Crippen LogP contribution is 2.41. The lowest BCUT2D eigenvalue weighted by Gasteiger charge is -2.30. The standard InChI is InChI=1S/C29H30N2O3S/c1-3-4-18-34-24-16-14-23(15-17-24)21(2)30-28(32)20-31-25-12-8-9-13-26(25)35-27(29(31)33)19-22-10-6-5-7-11-22/h5-17,19,21H,3-4,18,20H2,1-2H3,(H,30,32)/b27-19-/t21-/m1/s1. The van der Waals surface area contributed by atoms with Crippen molar-refractivity contribution in [3.05, 3.63) is 94.9 Å². The molecule has 1 aliphatic rings. The molecule has 5 nitrogen and oxygen atoms in total. The fourth-order valence-electron chi connectivity index (χ4n) is 3.82. The van der Waals surface area contributed by atoms with Crippen LogP contribution < -0.4 is 15.0 Å². The largest absolute Gasteiger partial charge is 0.494 e. The molecule has 0 spiro atoms. The maximum atomic E-state index is 13.4. The van der Waals surface area contributed by atoms with Gasteiger partial charge in [0.25, 0.3) is 5.91 Å². The van der Waals surface area contributed by atoms with Gasteiger partial charge in [-0.3, -0.25) is 14.5 Å². The molecular formula is C29H30N2O3S. The number of carbonyl (C=O) groups excluding carboxylic acids is 2. The van der Waals surface area contributed by atoms with Crippen molar-refractivity contribution in [2.24, 2.45) is 0 Å². The van der Waals surface area contributed by atoms with Crippen LogP contribution in [0, 0.1) is 0 Å². The lowest BCUT2D eigenvalue weighted by atomic mass is 10.1. The Morgan fingerprint density at radius 3 is 2.49 bits per heavy atom. The van der Waals surface area contributed by atoms with Gasteiger partial charge in [-0.25, -0.2) is 0 Å². The second kappa shape index (κ2) is 11.8. The molecule has 4 rings (SSSR count). The van der Waals surface area contributed by atoms with E-state index in [4.69, 9.17) is 4.74 Å². The zero-order chi connectivity index (χ0) is 24.6. The zero-order valence-corrected chi connectivity index (χ0v) is 20.9. The maximum Gasteiger partial charge on any atom is 0.265 e. The number of ether oxygens (including phenoxy) is 1. The molecule has 6 heteroatoms. The summed E-state index contributed by atoms with van der Waals surface area (Å²) in [5.74, 6) is 0.440. The quantitative estimate of drug-likeness (QED) is 0.288. The predicted molar refractivity (Wildman–Crippen MR) is 142 cm³/mol. The van der Waals surface area contributed by atoms with Crippen LogP contribution in [-0.4, -0.2) is 25.0 Å². The highest BCUT2D eigenvalue weighted by Gasteiger charge is 2.30. The number of nitrogens with one attached hydrogen (secondary N) is 1. The van der Waals surface area contributed by atoms with Crippen molar-refractivity contribution in [1.82, 2.24) is 5.32 Å². The van der Waals surface area contributed by atoms with Crippen LogP contribution in [0.1, 0.15) is 43.9 Å². The Bertz CT molecular complexity index is 1190. The third kappa shape index (κ3) is 6.34. The minimum absolute atomic E-state index is 0.0505. The van der Waals surface area contributed by atoms with E-state index in [0.717, 1.165) is 40.3 Å². The maximum absolute atomic E-state index is 13.4. The number of fused-ring (bicyclic) bond motifs is 1. The average Bonchev–Trinajstić information content (AvgIpc) is 2.87. The number of amides is 2. The van der Waals surface area contributed by atoms with Crippen molar-refractivity contribution >= 4 is 35.3 Å². The first-order valence-electron chi connectivity index (χ1n) is 11.9. The minimum atomic E-state index is -0.213. The number of hydrogen-bond donors (Lipinski definition) is 1. The monoisotopic (exact) mass is 486 g/mol. The van der Waals surface area contributed by atoms with Gasteiger partial charge in [0, 0.05) is 4.90 Å². The normalized spacial score (nSPS) is 15.0. The molecule has 1 atom stereocenters. The summed E-state index contributed by atoms with van der Waals surface area (Å²) in [7, 11) is 0. The first kappa shape index (κ1) is 24.6. The molecule has 0 fully saturated rings. The molecular weight excluding hydrogens is 456 g/mol. The summed E-state index contributed by atoms with van der Waals surface area (Å²) < 4.78 is 5.72. The molecule has 3 aromatic carbocycles. The van der Waals surface area contributed by atoms with Gasteiger partial charge in [0.05, 0.1) is 23.2 Å². The summed E-state index contributed by atoms with van der Waals surface area (Å²) in [6, 6.07) is 25.0. The summed E-state index contributed by atoms with van der Waals surface area (Å²) in [5, 5.41) is 3.03. The fourth-order valence-corrected chi connectivity index (χ4v) is 4.88. The number of rotatable bonds is 9. The van der Waals surface area contributed by atoms with Crippen LogP contribution in [0.2, 0.25) is 0 Å². The summed E-state index contributed by atoms with van der Waals surface area (Å²) >= 11 is 1.44. The number of thioether (sulfide) groups is 1. The number of carbonyl (C=O) groups is 2. The number of nitrogens with zero attached hydrogens (tertiary/aromatic N) is 1. The van der Waals surface area contributed by atoms with Crippen LogP contribution in [-0.2, 0) is 9.59 Å². The van der Waals surface area contributed by atoms with E-state index >= 15 is 0 Å². The summed E-state index contributed by atoms with van der Waals surface area (Å²) in [5.41, 5.74) is 2.68. The number of hydrogen-bond acceptors (Lipinski definition) is 4. The molecule has 0 saturated carbocycles. The molecule has 3 aromatic rings. The second-order valence-electron chi connectivity index (χ2n) is 8.44. The first-order chi connectivity index (χ1) is 17.0. The van der Waals surface area contributed by atoms with Crippen molar-refractivity contribution < 1.29 is 14.3 Å². The molecule has 0 saturated heterocycles. The topological polar surface area (TPSA) is 58.6 Å². The van der Waals surface area contributed by atoms with Crippen LogP contribution >= 0.6 is 11.8 Å². The fraction of sp³-hybridized carbons (Fsp3) is 0.241. The van der Waals surface area contributed by atoms with E-state index in [1.165, 1.54) is 11.8 Å². The van der Waals surface area contributed by atoms with E-state index in [1.807, 2.05) is 91.9 Å². The number of benzene rings is 3. The van der Waals surface area contributed by atoms with Crippen LogP contribution in [0.4, 0.5) is 5.69 Å². The van der Waals surface area contributed by atoms with Crippen molar-refractivity contribution in [1.29, 1.82) is 0 Å². The molecule has 1 N–H and O–H groups in total. The Morgan fingerprint density at radius 1 is 1.03 bits per heavy atom. The van der Waals surface area contributed by atoms with Gasteiger partial charge in [0.1, 0.15) is 12.3 Å². The van der Waals surface area contributed by atoms with Gasteiger partial charge < -0.3 is 10.1 Å². The van der Waals surface area contributed by atoms with Gasteiger partial charge in [0.2, 0.25) is 5.91 Å². The van der Waals surface area contributed by atoms with Gasteiger partial charge in [-0.15, -0.1) is 0 Å². The van der Waals surface area contributed by atoms with Crippen LogP contribution in [0.15, 0.2) is 88.7 Å². The number of para-hydroxylation sites is 1. The van der Waals surface area contributed by atoms with Crippen molar-refractivity contribution in [3.8, 4) is 5.75 Å². The molecule has 0 aromatic heterocycles. The van der Waals surface area contributed by atoms with Crippen molar-refractivity contribution in [2.75, 3.05) is 18.1 Å². The van der Waals surface area contributed by atoms with E-state index < -0.39 is 0 Å². The molecule has 0 radical (unpaired) electrons. The molecule has 2 amide bonds. The van der Waals surface area contributed by atoms with Crippen LogP contribution in [0.5, 0.6) is 5.75 Å². The van der Waals surface area contributed by atoms with E-state index in [9.17, 15) is 9.59 Å². The molecule has 1 aliphatic heterocycles. The van der Waals surface area contributed by atoms with Crippen LogP contribution in [0.25, 0.3) is 6.08 Å². The number of anilines is 1. The average molecular weight is 487 g/mol. The minimum Gasteiger partial charge on any atom is -0.494 e. The summed E-state index contributed by atoms with van der Waals surface area (Å²) in [6.07, 6.45) is 3.99. The van der Waals surface area contributed by atoms with E-state index in [0.29, 0.717) is 11.5 Å². The van der Waals surface area contributed by atoms with Crippen molar-refractivity contribution in [3.63, 3.8) is 0 Å². The first-order valence-corrected chi connectivity index (χ1v) is 12.7. The third-order valence-corrected chi connectivity index (χ3v) is 6.83. The van der Waals surface area contributed by atoms with E-state index in [1.54, 1.807) is 4.90 Å². The summed E-state index contributed by atoms with van der Waals surface area (Å²) in [4.78, 5) is 29.5. The lowest BCUT2D eigenvalue weighted by molar-refractivity contribution is -0.122. The SMILES string of the molecule is CCCCOc1ccc([C@@H](C)NC(=O)CN2C(=O)/C(=C/c3ccccc3)Sc3ccccc32)cc1. The second-order valence-corrected chi connectivity index (χ2v) is 9.52. The highest BCUT2D eigenvalue weighted by atomic mass is 32.2. The van der Waals surface area contributed by atoms with Crippen molar-refractivity contribution in [2.45, 2.75) is 37.6 Å². The van der Waals surface area contributed by atoms with E-state index in [2.05, 4.69) is 12.2 Å². The molecule has 0 aliphatic carbocycles. The molecule has 0 unspecified atom stereocenters.